The molecule has 2 saturated heterocycles. The molecule has 3 heteroatoms. The van der Waals surface area contributed by atoms with Crippen molar-refractivity contribution in [3.63, 3.8) is 0 Å². The van der Waals surface area contributed by atoms with Crippen LogP contribution in [0, 0.1) is 11.8 Å². The van der Waals surface area contributed by atoms with Gasteiger partial charge < -0.3 is 10.2 Å². The van der Waals surface area contributed by atoms with Crippen molar-refractivity contribution >= 4 is 21.6 Å². The SMILES string of the molecule is Brc1cccc(N2CCC(C3CCNC3)CC2)c1. The summed E-state index contributed by atoms with van der Waals surface area (Å²) in [4.78, 5) is 2.53. The highest BCUT2D eigenvalue weighted by Crippen LogP contribution is 2.31. The molecule has 3 rings (SSSR count). The Labute approximate surface area is 118 Å². The highest BCUT2D eigenvalue weighted by atomic mass is 79.9. The van der Waals surface area contributed by atoms with Crippen molar-refractivity contribution in [2.24, 2.45) is 11.8 Å². The highest BCUT2D eigenvalue weighted by molar-refractivity contribution is 9.10. The molecule has 1 unspecified atom stereocenters. The number of piperidine rings is 1. The second-order valence-corrected chi connectivity index (χ2v) is 6.47. The van der Waals surface area contributed by atoms with Gasteiger partial charge in [0.25, 0.3) is 0 Å². The van der Waals surface area contributed by atoms with E-state index in [0.717, 1.165) is 11.8 Å². The van der Waals surface area contributed by atoms with Crippen LogP contribution < -0.4 is 10.2 Å². The summed E-state index contributed by atoms with van der Waals surface area (Å²) >= 11 is 3.56. The predicted octanol–water partition coefficient (Wildman–Crippen LogP) is 3.28. The van der Waals surface area contributed by atoms with Crippen LogP contribution in [0.1, 0.15) is 19.3 Å². The Bertz CT molecular complexity index is 393. The van der Waals surface area contributed by atoms with Crippen LogP contribution in [0.5, 0.6) is 0 Å². The monoisotopic (exact) mass is 308 g/mol. The van der Waals surface area contributed by atoms with Crippen molar-refractivity contribution in [3.8, 4) is 0 Å². The van der Waals surface area contributed by atoms with E-state index in [4.69, 9.17) is 0 Å². The lowest BCUT2D eigenvalue weighted by atomic mass is 9.83. The maximum absolute atomic E-state index is 3.56. The molecule has 1 aromatic rings. The van der Waals surface area contributed by atoms with E-state index in [-0.39, 0.29) is 0 Å². The van der Waals surface area contributed by atoms with Crippen LogP contribution in [0.4, 0.5) is 5.69 Å². The molecule has 2 nitrogen and oxygen atoms in total. The van der Waals surface area contributed by atoms with E-state index < -0.39 is 0 Å². The highest BCUT2D eigenvalue weighted by Gasteiger charge is 2.28. The zero-order valence-corrected chi connectivity index (χ0v) is 12.3. The zero-order chi connectivity index (χ0) is 12.4. The summed E-state index contributed by atoms with van der Waals surface area (Å²) in [5.41, 5.74) is 1.37. The molecule has 2 aliphatic rings. The molecule has 0 spiro atoms. The van der Waals surface area contributed by atoms with Gasteiger partial charge in [-0.05, 0) is 62.4 Å². The second kappa shape index (κ2) is 5.62. The van der Waals surface area contributed by atoms with Gasteiger partial charge in [-0.3, -0.25) is 0 Å². The van der Waals surface area contributed by atoms with Gasteiger partial charge in [0.1, 0.15) is 0 Å². The molecular formula is C15H21BrN2. The van der Waals surface area contributed by atoms with E-state index in [1.807, 2.05) is 0 Å². The Morgan fingerprint density at radius 1 is 1.11 bits per heavy atom. The number of anilines is 1. The fraction of sp³-hybridized carbons (Fsp3) is 0.600. The van der Waals surface area contributed by atoms with Crippen LogP contribution in [0.25, 0.3) is 0 Å². The largest absolute Gasteiger partial charge is 0.371 e. The summed E-state index contributed by atoms with van der Waals surface area (Å²) in [5, 5.41) is 3.50. The van der Waals surface area contributed by atoms with Gasteiger partial charge in [-0.2, -0.15) is 0 Å². The molecule has 0 amide bonds. The first-order chi connectivity index (χ1) is 8.83. The van der Waals surface area contributed by atoms with Crippen LogP contribution in [-0.4, -0.2) is 26.2 Å². The predicted molar refractivity (Wildman–Crippen MR) is 80.1 cm³/mol. The van der Waals surface area contributed by atoms with Gasteiger partial charge in [0.2, 0.25) is 0 Å². The van der Waals surface area contributed by atoms with Crippen molar-refractivity contribution in [1.29, 1.82) is 0 Å². The minimum absolute atomic E-state index is 0.939. The average Bonchev–Trinajstić information content (AvgIpc) is 2.93. The van der Waals surface area contributed by atoms with E-state index in [0.29, 0.717) is 0 Å². The van der Waals surface area contributed by atoms with Crippen LogP contribution in [0.3, 0.4) is 0 Å². The molecule has 2 fully saturated rings. The van der Waals surface area contributed by atoms with Crippen molar-refractivity contribution < 1.29 is 0 Å². The molecule has 1 atom stereocenters. The van der Waals surface area contributed by atoms with Crippen molar-refractivity contribution in [2.45, 2.75) is 19.3 Å². The van der Waals surface area contributed by atoms with E-state index in [1.165, 1.54) is 55.6 Å². The summed E-state index contributed by atoms with van der Waals surface area (Å²) in [7, 11) is 0. The summed E-state index contributed by atoms with van der Waals surface area (Å²) in [6.07, 6.45) is 4.11. The standard InChI is InChI=1S/C15H21BrN2/c16-14-2-1-3-15(10-14)18-8-5-12(6-9-18)13-4-7-17-11-13/h1-3,10,12-13,17H,4-9,11H2. The topological polar surface area (TPSA) is 15.3 Å². The van der Waals surface area contributed by atoms with Crippen LogP contribution in [0.15, 0.2) is 28.7 Å². The van der Waals surface area contributed by atoms with Gasteiger partial charge >= 0.3 is 0 Å². The minimum Gasteiger partial charge on any atom is -0.371 e. The minimum atomic E-state index is 0.939. The molecule has 2 heterocycles. The number of halogens is 1. The Morgan fingerprint density at radius 3 is 2.61 bits per heavy atom. The lowest BCUT2D eigenvalue weighted by molar-refractivity contribution is 0.292. The van der Waals surface area contributed by atoms with Crippen molar-refractivity contribution in [1.82, 2.24) is 5.32 Å². The molecule has 0 aromatic heterocycles. The second-order valence-electron chi connectivity index (χ2n) is 5.56. The Hall–Kier alpha value is -0.540. The number of rotatable bonds is 2. The first kappa shape index (κ1) is 12.5. The first-order valence-electron chi connectivity index (χ1n) is 7.04. The third kappa shape index (κ3) is 2.72. The van der Waals surface area contributed by atoms with E-state index in [2.05, 4.69) is 50.4 Å². The Morgan fingerprint density at radius 2 is 1.94 bits per heavy atom. The van der Waals surface area contributed by atoms with Gasteiger partial charge in [0, 0.05) is 23.2 Å². The molecule has 0 saturated carbocycles. The van der Waals surface area contributed by atoms with Gasteiger partial charge in [-0.15, -0.1) is 0 Å². The lowest BCUT2D eigenvalue weighted by Crippen LogP contribution is -2.36. The molecule has 2 aliphatic heterocycles. The van der Waals surface area contributed by atoms with Crippen molar-refractivity contribution in [3.05, 3.63) is 28.7 Å². The number of nitrogens with one attached hydrogen (secondary N) is 1. The van der Waals surface area contributed by atoms with Crippen molar-refractivity contribution in [2.75, 3.05) is 31.1 Å². The molecule has 0 aliphatic carbocycles. The van der Waals surface area contributed by atoms with Crippen LogP contribution in [-0.2, 0) is 0 Å². The van der Waals surface area contributed by atoms with Gasteiger partial charge in [-0.25, -0.2) is 0 Å². The molecule has 0 bridgehead atoms. The first-order valence-corrected chi connectivity index (χ1v) is 7.83. The van der Waals surface area contributed by atoms with Crippen LogP contribution in [0.2, 0.25) is 0 Å². The molecule has 1 N–H and O–H groups in total. The lowest BCUT2D eigenvalue weighted by Gasteiger charge is -2.36. The Kier molecular flexibility index (Phi) is 3.90. The maximum Gasteiger partial charge on any atom is 0.0377 e. The summed E-state index contributed by atoms with van der Waals surface area (Å²) in [6, 6.07) is 8.69. The third-order valence-corrected chi connectivity index (χ3v) is 4.97. The number of hydrogen-bond acceptors (Lipinski definition) is 2. The molecule has 18 heavy (non-hydrogen) atoms. The summed E-state index contributed by atoms with van der Waals surface area (Å²) in [5.74, 6) is 1.89. The van der Waals surface area contributed by atoms with E-state index in [9.17, 15) is 0 Å². The molecule has 98 valence electrons. The fourth-order valence-corrected chi connectivity index (χ4v) is 3.77. The van der Waals surface area contributed by atoms with Crippen LogP contribution >= 0.6 is 15.9 Å². The average molecular weight is 309 g/mol. The number of hydrogen-bond donors (Lipinski definition) is 1. The smallest absolute Gasteiger partial charge is 0.0377 e. The normalized spacial score (nSPS) is 25.6. The maximum atomic E-state index is 3.56. The number of benzene rings is 1. The van der Waals surface area contributed by atoms with E-state index in [1.54, 1.807) is 0 Å². The Balaban J connectivity index is 1.59. The number of nitrogens with zero attached hydrogens (tertiary/aromatic N) is 1. The third-order valence-electron chi connectivity index (χ3n) is 4.48. The van der Waals surface area contributed by atoms with Gasteiger partial charge in [-0.1, -0.05) is 22.0 Å². The summed E-state index contributed by atoms with van der Waals surface area (Å²) < 4.78 is 1.18. The quantitative estimate of drug-likeness (QED) is 0.902. The van der Waals surface area contributed by atoms with E-state index >= 15 is 0 Å². The summed E-state index contributed by atoms with van der Waals surface area (Å²) in [6.45, 7) is 4.92. The molecular weight excluding hydrogens is 288 g/mol. The van der Waals surface area contributed by atoms with Gasteiger partial charge in [0.05, 0.1) is 0 Å². The fourth-order valence-electron chi connectivity index (χ4n) is 3.38. The molecule has 1 aromatic carbocycles. The van der Waals surface area contributed by atoms with Gasteiger partial charge in [0.15, 0.2) is 0 Å². The zero-order valence-electron chi connectivity index (χ0n) is 10.7. The molecule has 0 radical (unpaired) electrons.